The van der Waals surface area contributed by atoms with Gasteiger partial charge < -0.3 is 18.9 Å². The third kappa shape index (κ3) is 5.11. The van der Waals surface area contributed by atoms with Crippen LogP contribution in [-0.4, -0.2) is 68.3 Å². The van der Waals surface area contributed by atoms with Gasteiger partial charge in [0.05, 0.1) is 6.33 Å². The van der Waals surface area contributed by atoms with Gasteiger partial charge in [-0.25, -0.2) is 4.98 Å². The highest BCUT2D eigenvalue weighted by atomic mass is 35.5. The summed E-state index contributed by atoms with van der Waals surface area (Å²) in [5.74, 6) is -2.39. The molecule has 0 bridgehead atoms. The molecule has 2 aromatic heterocycles. The summed E-state index contributed by atoms with van der Waals surface area (Å²) in [7, 11) is 0. The number of anilines is 1. The molecule has 2 aromatic rings. The number of carbonyl (C=O) groups excluding carboxylic acids is 4. The number of rotatable bonds is 6. The SMILES string of the molecule is CC(=O)Nc1nc(Cl)c2ncn([C@@H]3O[C@H](COC(C)=O)[C@@H](OC(C)=O)[C@@H]3OC(C)=O)c2n1. The van der Waals surface area contributed by atoms with Gasteiger partial charge in [-0.15, -0.1) is 0 Å². The van der Waals surface area contributed by atoms with Crippen LogP contribution in [0.5, 0.6) is 0 Å². The van der Waals surface area contributed by atoms with Crippen LogP contribution in [-0.2, 0) is 38.1 Å². The molecule has 3 rings (SSSR count). The summed E-state index contributed by atoms with van der Waals surface area (Å²) in [4.78, 5) is 58.5. The number of imidazole rings is 1. The fourth-order valence-electron chi connectivity index (χ4n) is 3.20. The molecule has 1 N–H and O–H groups in total. The van der Waals surface area contributed by atoms with E-state index in [-0.39, 0.29) is 28.9 Å². The lowest BCUT2D eigenvalue weighted by Crippen LogP contribution is -2.40. The number of ether oxygens (including phenoxy) is 4. The van der Waals surface area contributed by atoms with Crippen molar-refractivity contribution >= 4 is 52.5 Å². The molecule has 1 fully saturated rings. The third-order valence-corrected chi connectivity index (χ3v) is 4.54. The Morgan fingerprint density at radius 1 is 1.06 bits per heavy atom. The molecule has 0 unspecified atom stereocenters. The smallest absolute Gasteiger partial charge is 0.303 e. The number of carbonyl (C=O) groups is 4. The Morgan fingerprint density at radius 3 is 2.31 bits per heavy atom. The number of aromatic nitrogens is 4. The second kappa shape index (κ2) is 9.44. The highest BCUT2D eigenvalue weighted by Gasteiger charge is 2.51. The van der Waals surface area contributed by atoms with Crippen LogP contribution in [0.4, 0.5) is 5.95 Å². The molecule has 0 radical (unpaired) electrons. The number of nitrogens with one attached hydrogen (secondary N) is 1. The first-order valence-electron chi connectivity index (χ1n) is 9.37. The summed E-state index contributed by atoms with van der Waals surface area (Å²) in [5.41, 5.74) is 0.351. The lowest BCUT2D eigenvalue weighted by Gasteiger charge is -2.23. The molecule has 1 amide bonds. The van der Waals surface area contributed by atoms with E-state index in [0.29, 0.717) is 0 Å². The molecule has 14 heteroatoms. The molecule has 4 atom stereocenters. The van der Waals surface area contributed by atoms with Crippen LogP contribution in [0.2, 0.25) is 5.15 Å². The number of halogens is 1. The molecular formula is C18H20ClN5O8. The average molecular weight is 470 g/mol. The predicted octanol–water partition coefficient (Wildman–Crippen LogP) is 0.762. The van der Waals surface area contributed by atoms with Gasteiger partial charge in [0, 0.05) is 27.7 Å². The zero-order chi connectivity index (χ0) is 23.6. The molecule has 3 heterocycles. The van der Waals surface area contributed by atoms with Crippen LogP contribution in [0.15, 0.2) is 6.33 Å². The van der Waals surface area contributed by atoms with E-state index in [1.807, 2.05) is 0 Å². The topological polar surface area (TPSA) is 161 Å². The first kappa shape index (κ1) is 23.3. The molecule has 0 spiro atoms. The highest BCUT2D eigenvalue weighted by Crippen LogP contribution is 2.36. The fraction of sp³-hybridized carbons (Fsp3) is 0.500. The van der Waals surface area contributed by atoms with Crippen molar-refractivity contribution < 1.29 is 38.1 Å². The lowest BCUT2D eigenvalue weighted by atomic mass is 10.1. The van der Waals surface area contributed by atoms with E-state index in [1.54, 1.807) is 0 Å². The maximum Gasteiger partial charge on any atom is 0.303 e. The molecule has 0 saturated carbocycles. The second-order valence-corrected chi connectivity index (χ2v) is 7.22. The zero-order valence-electron chi connectivity index (χ0n) is 17.5. The predicted molar refractivity (Wildman–Crippen MR) is 106 cm³/mol. The zero-order valence-corrected chi connectivity index (χ0v) is 18.3. The fourth-order valence-corrected chi connectivity index (χ4v) is 3.41. The summed E-state index contributed by atoms with van der Waals surface area (Å²) in [6.07, 6.45) is -2.94. The van der Waals surface area contributed by atoms with Gasteiger partial charge >= 0.3 is 17.9 Å². The van der Waals surface area contributed by atoms with Gasteiger partial charge in [0.1, 0.15) is 18.2 Å². The minimum atomic E-state index is -1.13. The molecule has 1 aliphatic heterocycles. The molecule has 13 nitrogen and oxygen atoms in total. The molecule has 1 aliphatic rings. The number of amides is 1. The van der Waals surface area contributed by atoms with Crippen molar-refractivity contribution in [3.63, 3.8) is 0 Å². The quantitative estimate of drug-likeness (QED) is 0.361. The van der Waals surface area contributed by atoms with Crippen LogP contribution in [0, 0.1) is 0 Å². The van der Waals surface area contributed by atoms with Crippen molar-refractivity contribution in [3.8, 4) is 0 Å². The van der Waals surface area contributed by atoms with E-state index >= 15 is 0 Å². The summed E-state index contributed by atoms with van der Waals surface area (Å²) in [5, 5.41) is 2.39. The molecule has 1 saturated heterocycles. The molecule has 0 aliphatic carbocycles. The Balaban J connectivity index is 2.06. The van der Waals surface area contributed by atoms with Crippen LogP contribution in [0.3, 0.4) is 0 Å². The van der Waals surface area contributed by atoms with Gasteiger partial charge in [0.25, 0.3) is 0 Å². The largest absolute Gasteiger partial charge is 0.463 e. The maximum absolute atomic E-state index is 11.8. The van der Waals surface area contributed by atoms with E-state index in [2.05, 4.69) is 20.3 Å². The van der Waals surface area contributed by atoms with Crippen molar-refractivity contribution in [1.29, 1.82) is 0 Å². The number of fused-ring (bicyclic) bond motifs is 1. The van der Waals surface area contributed by atoms with E-state index < -0.39 is 48.4 Å². The van der Waals surface area contributed by atoms with E-state index in [1.165, 1.54) is 38.6 Å². The van der Waals surface area contributed by atoms with Gasteiger partial charge in [0.2, 0.25) is 11.9 Å². The average Bonchev–Trinajstić information content (AvgIpc) is 3.21. The van der Waals surface area contributed by atoms with Crippen molar-refractivity contribution in [2.45, 2.75) is 52.2 Å². The van der Waals surface area contributed by atoms with E-state index in [0.717, 1.165) is 0 Å². The van der Waals surface area contributed by atoms with Gasteiger partial charge in [-0.05, 0) is 0 Å². The Hall–Kier alpha value is -3.32. The van der Waals surface area contributed by atoms with E-state index in [4.69, 9.17) is 30.5 Å². The standard InChI is InChI=1S/C18H20ClN5O8/c1-7(25)21-18-22-15(19)12-16(23-18)24(6-20-12)17-14(31-10(4)28)13(30-9(3)27)11(32-17)5-29-8(2)26/h6,11,13-14,17H,5H2,1-4H3,(H,21,22,23,25)/t11-,13-,14+,17-/m1/s1. The monoisotopic (exact) mass is 469 g/mol. The van der Waals surface area contributed by atoms with Crippen molar-refractivity contribution in [3.05, 3.63) is 11.5 Å². The Morgan fingerprint density at radius 2 is 1.72 bits per heavy atom. The lowest BCUT2D eigenvalue weighted by molar-refractivity contribution is -0.166. The summed E-state index contributed by atoms with van der Waals surface area (Å²) < 4.78 is 23.1. The highest BCUT2D eigenvalue weighted by molar-refractivity contribution is 6.33. The first-order valence-corrected chi connectivity index (χ1v) is 9.75. The minimum absolute atomic E-state index is 0.0347. The molecule has 172 valence electrons. The number of esters is 3. The molecule has 32 heavy (non-hydrogen) atoms. The van der Waals surface area contributed by atoms with Crippen molar-refractivity contribution in [2.75, 3.05) is 11.9 Å². The molecular weight excluding hydrogens is 450 g/mol. The summed E-state index contributed by atoms with van der Waals surface area (Å²) >= 11 is 6.17. The van der Waals surface area contributed by atoms with Crippen LogP contribution in [0.1, 0.15) is 33.9 Å². The number of hydrogen-bond acceptors (Lipinski definition) is 11. The third-order valence-electron chi connectivity index (χ3n) is 4.28. The number of hydrogen-bond donors (Lipinski definition) is 1. The van der Waals surface area contributed by atoms with Gasteiger partial charge in [-0.3, -0.25) is 29.1 Å². The van der Waals surface area contributed by atoms with Gasteiger partial charge in [0.15, 0.2) is 29.2 Å². The molecule has 0 aromatic carbocycles. The van der Waals surface area contributed by atoms with Gasteiger partial charge in [-0.2, -0.15) is 9.97 Å². The van der Waals surface area contributed by atoms with E-state index in [9.17, 15) is 19.2 Å². The van der Waals surface area contributed by atoms with Crippen molar-refractivity contribution in [2.24, 2.45) is 0 Å². The van der Waals surface area contributed by atoms with Crippen LogP contribution < -0.4 is 5.32 Å². The maximum atomic E-state index is 11.8. The first-order chi connectivity index (χ1) is 15.1. The Bertz CT molecular complexity index is 1070. The van der Waals surface area contributed by atoms with Crippen LogP contribution in [0.25, 0.3) is 11.2 Å². The van der Waals surface area contributed by atoms with Crippen LogP contribution >= 0.6 is 11.6 Å². The summed E-state index contributed by atoms with van der Waals surface area (Å²) in [6, 6.07) is 0. The van der Waals surface area contributed by atoms with Gasteiger partial charge in [-0.1, -0.05) is 11.6 Å². The Kier molecular flexibility index (Phi) is 6.89. The Labute approximate surface area is 186 Å². The second-order valence-electron chi connectivity index (χ2n) is 6.86. The summed E-state index contributed by atoms with van der Waals surface area (Å²) in [6.45, 7) is 4.59. The normalized spacial score (nSPS) is 22.4. The minimum Gasteiger partial charge on any atom is -0.463 e. The van der Waals surface area contributed by atoms with Crippen molar-refractivity contribution in [1.82, 2.24) is 19.5 Å². The number of nitrogens with zero attached hydrogens (tertiary/aromatic N) is 4.